The lowest BCUT2D eigenvalue weighted by Gasteiger charge is -2.19. The van der Waals surface area contributed by atoms with Gasteiger partial charge in [0.25, 0.3) is 0 Å². The third-order valence-corrected chi connectivity index (χ3v) is 3.55. The Bertz CT molecular complexity index is 544. The second-order valence-electron chi connectivity index (χ2n) is 5.52. The lowest BCUT2D eigenvalue weighted by atomic mass is 9.97. The van der Waals surface area contributed by atoms with Crippen molar-refractivity contribution in [3.63, 3.8) is 0 Å². The van der Waals surface area contributed by atoms with Gasteiger partial charge in [0.05, 0.1) is 11.7 Å². The van der Waals surface area contributed by atoms with Crippen LogP contribution in [-0.2, 0) is 0 Å². The fraction of sp³-hybridized carbons (Fsp3) is 0.389. The Kier molecular flexibility index (Phi) is 4.91. The first kappa shape index (κ1) is 14.7. The molecule has 0 bridgehead atoms. The van der Waals surface area contributed by atoms with Crippen LogP contribution in [0.3, 0.4) is 0 Å². The van der Waals surface area contributed by atoms with Crippen LogP contribution >= 0.6 is 0 Å². The summed E-state index contributed by atoms with van der Waals surface area (Å²) in [5.74, 6) is 0.568. The standard InChI is InChI=1S/C18H24N2/c1-5-19-18(17-8-6-7-14(4)20-17)16-11-9-15(10-12-16)13(2)3/h6-13,18-19H,5H2,1-4H3. The topological polar surface area (TPSA) is 24.9 Å². The van der Waals surface area contributed by atoms with Crippen molar-refractivity contribution in [2.24, 2.45) is 0 Å². The van der Waals surface area contributed by atoms with Gasteiger partial charge in [-0.25, -0.2) is 0 Å². The van der Waals surface area contributed by atoms with E-state index < -0.39 is 0 Å². The molecule has 106 valence electrons. The summed E-state index contributed by atoms with van der Waals surface area (Å²) in [5, 5.41) is 3.53. The molecular formula is C18H24N2. The summed E-state index contributed by atoms with van der Waals surface area (Å²) in [7, 11) is 0. The zero-order valence-corrected chi connectivity index (χ0v) is 12.9. The van der Waals surface area contributed by atoms with E-state index in [1.807, 2.05) is 13.0 Å². The Morgan fingerprint density at radius 2 is 1.65 bits per heavy atom. The highest BCUT2D eigenvalue weighted by Gasteiger charge is 2.14. The van der Waals surface area contributed by atoms with E-state index in [1.165, 1.54) is 11.1 Å². The molecule has 2 nitrogen and oxygen atoms in total. The van der Waals surface area contributed by atoms with E-state index >= 15 is 0 Å². The second kappa shape index (κ2) is 6.67. The highest BCUT2D eigenvalue weighted by atomic mass is 14.9. The van der Waals surface area contributed by atoms with Crippen molar-refractivity contribution in [3.05, 3.63) is 65.0 Å². The van der Waals surface area contributed by atoms with E-state index in [0.29, 0.717) is 5.92 Å². The van der Waals surface area contributed by atoms with Gasteiger partial charge < -0.3 is 5.32 Å². The SMILES string of the molecule is CCNC(c1ccc(C(C)C)cc1)c1cccc(C)n1. The number of hydrogen-bond acceptors (Lipinski definition) is 2. The van der Waals surface area contributed by atoms with Gasteiger partial charge in [0.1, 0.15) is 0 Å². The highest BCUT2D eigenvalue weighted by Crippen LogP contribution is 2.23. The summed E-state index contributed by atoms with van der Waals surface area (Å²) < 4.78 is 0. The second-order valence-corrected chi connectivity index (χ2v) is 5.52. The van der Waals surface area contributed by atoms with Crippen molar-refractivity contribution in [2.75, 3.05) is 6.54 Å². The smallest absolute Gasteiger partial charge is 0.0751 e. The average molecular weight is 268 g/mol. The van der Waals surface area contributed by atoms with Crippen LogP contribution in [0.5, 0.6) is 0 Å². The molecule has 1 heterocycles. The largest absolute Gasteiger partial charge is 0.305 e. The Morgan fingerprint density at radius 1 is 1.00 bits per heavy atom. The maximum absolute atomic E-state index is 4.66. The van der Waals surface area contributed by atoms with Gasteiger partial charge in [-0.1, -0.05) is 51.1 Å². The zero-order valence-electron chi connectivity index (χ0n) is 12.9. The molecule has 1 aromatic heterocycles. The van der Waals surface area contributed by atoms with Gasteiger partial charge in [0.2, 0.25) is 0 Å². The van der Waals surface area contributed by atoms with Crippen molar-refractivity contribution in [3.8, 4) is 0 Å². The zero-order chi connectivity index (χ0) is 14.5. The molecule has 0 saturated heterocycles. The minimum absolute atomic E-state index is 0.168. The van der Waals surface area contributed by atoms with Gasteiger partial charge in [0, 0.05) is 5.69 Å². The Balaban J connectivity index is 2.33. The molecule has 1 aromatic carbocycles. The van der Waals surface area contributed by atoms with Crippen molar-refractivity contribution < 1.29 is 0 Å². The predicted molar refractivity (Wildman–Crippen MR) is 85.0 cm³/mol. The number of hydrogen-bond donors (Lipinski definition) is 1. The van der Waals surface area contributed by atoms with Gasteiger partial charge in [-0.2, -0.15) is 0 Å². The van der Waals surface area contributed by atoms with E-state index in [-0.39, 0.29) is 6.04 Å². The number of aryl methyl sites for hydroxylation is 1. The first-order valence-corrected chi connectivity index (χ1v) is 7.38. The average Bonchev–Trinajstić information content (AvgIpc) is 2.45. The van der Waals surface area contributed by atoms with Crippen molar-refractivity contribution >= 4 is 0 Å². The summed E-state index contributed by atoms with van der Waals surface area (Å²) in [6, 6.07) is 15.2. The molecule has 0 fully saturated rings. The Morgan fingerprint density at radius 3 is 2.20 bits per heavy atom. The first-order valence-electron chi connectivity index (χ1n) is 7.38. The van der Waals surface area contributed by atoms with Crippen LogP contribution in [0.2, 0.25) is 0 Å². The molecule has 20 heavy (non-hydrogen) atoms. The van der Waals surface area contributed by atoms with E-state index in [2.05, 4.69) is 67.5 Å². The number of nitrogens with one attached hydrogen (secondary N) is 1. The van der Waals surface area contributed by atoms with Gasteiger partial charge in [-0.3, -0.25) is 4.98 Å². The van der Waals surface area contributed by atoms with Gasteiger partial charge in [-0.15, -0.1) is 0 Å². The molecule has 0 aliphatic carbocycles. The molecule has 1 N–H and O–H groups in total. The molecule has 2 rings (SSSR count). The summed E-state index contributed by atoms with van der Waals surface area (Å²) in [6.07, 6.45) is 0. The Hall–Kier alpha value is -1.67. The van der Waals surface area contributed by atoms with E-state index in [9.17, 15) is 0 Å². The monoisotopic (exact) mass is 268 g/mol. The minimum atomic E-state index is 0.168. The van der Waals surface area contributed by atoms with Crippen LogP contribution in [0.15, 0.2) is 42.5 Å². The fourth-order valence-electron chi connectivity index (χ4n) is 2.40. The lowest BCUT2D eigenvalue weighted by molar-refractivity contribution is 0.613. The van der Waals surface area contributed by atoms with Crippen molar-refractivity contribution in [1.82, 2.24) is 10.3 Å². The van der Waals surface area contributed by atoms with E-state index in [1.54, 1.807) is 0 Å². The molecule has 2 aromatic rings. The molecule has 1 atom stereocenters. The number of aromatic nitrogens is 1. The summed E-state index contributed by atoms with van der Waals surface area (Å²) >= 11 is 0. The maximum Gasteiger partial charge on any atom is 0.0751 e. The summed E-state index contributed by atoms with van der Waals surface area (Å²) in [6.45, 7) is 9.53. The van der Waals surface area contributed by atoms with Crippen molar-refractivity contribution in [1.29, 1.82) is 0 Å². The molecular weight excluding hydrogens is 244 g/mol. The lowest BCUT2D eigenvalue weighted by Crippen LogP contribution is -2.23. The van der Waals surface area contributed by atoms with Crippen LogP contribution < -0.4 is 5.32 Å². The highest BCUT2D eigenvalue weighted by molar-refractivity contribution is 5.32. The molecule has 0 saturated carbocycles. The third-order valence-electron chi connectivity index (χ3n) is 3.55. The molecule has 0 amide bonds. The van der Waals surface area contributed by atoms with Crippen LogP contribution in [0.4, 0.5) is 0 Å². The normalized spacial score (nSPS) is 12.7. The molecule has 0 spiro atoms. The molecule has 2 heteroatoms. The molecule has 1 unspecified atom stereocenters. The molecule has 0 radical (unpaired) electrons. The van der Waals surface area contributed by atoms with Crippen LogP contribution in [-0.4, -0.2) is 11.5 Å². The summed E-state index contributed by atoms with van der Waals surface area (Å²) in [4.78, 5) is 4.66. The fourth-order valence-corrected chi connectivity index (χ4v) is 2.40. The number of rotatable bonds is 5. The van der Waals surface area contributed by atoms with Gasteiger partial charge in [0.15, 0.2) is 0 Å². The minimum Gasteiger partial charge on any atom is -0.305 e. The van der Waals surface area contributed by atoms with E-state index in [4.69, 9.17) is 0 Å². The number of nitrogens with zero attached hydrogens (tertiary/aromatic N) is 1. The van der Waals surface area contributed by atoms with E-state index in [0.717, 1.165) is 17.9 Å². The number of pyridine rings is 1. The third kappa shape index (κ3) is 3.45. The Labute approximate surface area is 122 Å². The summed E-state index contributed by atoms with van der Waals surface area (Å²) in [5.41, 5.74) is 4.80. The van der Waals surface area contributed by atoms with Gasteiger partial charge in [-0.05, 0) is 42.6 Å². The first-order chi connectivity index (χ1) is 9.61. The van der Waals surface area contributed by atoms with Crippen LogP contribution in [0, 0.1) is 6.92 Å². The van der Waals surface area contributed by atoms with Gasteiger partial charge >= 0.3 is 0 Å². The number of benzene rings is 1. The van der Waals surface area contributed by atoms with Crippen LogP contribution in [0.1, 0.15) is 55.2 Å². The molecule has 0 aliphatic rings. The quantitative estimate of drug-likeness (QED) is 0.878. The van der Waals surface area contributed by atoms with Crippen molar-refractivity contribution in [2.45, 2.75) is 39.7 Å². The molecule has 0 aliphatic heterocycles. The predicted octanol–water partition coefficient (Wildman–Crippen LogP) is 4.21. The van der Waals surface area contributed by atoms with Crippen LogP contribution in [0.25, 0.3) is 0 Å². The maximum atomic E-state index is 4.66.